The summed E-state index contributed by atoms with van der Waals surface area (Å²) in [5, 5.41) is 12.0. The van der Waals surface area contributed by atoms with Crippen LogP contribution in [0, 0.1) is 12.7 Å². The van der Waals surface area contributed by atoms with E-state index in [1.807, 2.05) is 27.7 Å². The second-order valence-corrected chi connectivity index (χ2v) is 8.43. The van der Waals surface area contributed by atoms with Crippen LogP contribution in [0.15, 0.2) is 36.4 Å². The first-order valence-corrected chi connectivity index (χ1v) is 10.3. The van der Waals surface area contributed by atoms with Crippen LogP contribution >= 0.6 is 0 Å². The Bertz CT molecular complexity index is 1050. The zero-order chi connectivity index (χ0) is 22.9. The lowest BCUT2D eigenvalue weighted by Gasteiger charge is -2.19. The minimum atomic E-state index is -1.10. The predicted octanol–water partition coefficient (Wildman–Crippen LogP) is 4.37. The van der Waals surface area contributed by atoms with Crippen molar-refractivity contribution in [1.82, 2.24) is 0 Å². The Kier molecular flexibility index (Phi) is 6.15. The lowest BCUT2D eigenvalue weighted by atomic mass is 9.85. The summed E-state index contributed by atoms with van der Waals surface area (Å²) < 4.78 is 14.2. The Hall–Kier alpha value is -3.22. The molecule has 0 aliphatic carbocycles. The Labute approximate surface area is 181 Å². The molecule has 2 N–H and O–H groups in total. The van der Waals surface area contributed by atoms with Gasteiger partial charge in [0.1, 0.15) is 5.82 Å². The number of hydrogen-bond acceptors (Lipinski definition) is 3. The maximum atomic E-state index is 14.2. The maximum Gasteiger partial charge on any atom is 0.303 e. The van der Waals surface area contributed by atoms with Crippen LogP contribution in [0.1, 0.15) is 56.2 Å². The molecule has 7 heteroatoms. The minimum absolute atomic E-state index is 0.0117. The van der Waals surface area contributed by atoms with Crippen molar-refractivity contribution >= 4 is 29.2 Å². The number of fused-ring (bicyclic) bond motifs is 1. The van der Waals surface area contributed by atoms with Crippen molar-refractivity contribution in [2.24, 2.45) is 0 Å². The number of aliphatic carboxylic acids is 1. The Balaban J connectivity index is 1.86. The number of likely N-dealkylation sites (N-methyl/N-ethyl adjacent to an activating group) is 1. The van der Waals surface area contributed by atoms with Crippen LogP contribution in [0.4, 0.5) is 15.8 Å². The highest BCUT2D eigenvalue weighted by Crippen LogP contribution is 2.44. The summed E-state index contributed by atoms with van der Waals surface area (Å²) in [4.78, 5) is 38.6. The van der Waals surface area contributed by atoms with Crippen molar-refractivity contribution in [3.05, 3.63) is 58.9 Å². The van der Waals surface area contributed by atoms with E-state index in [9.17, 15) is 23.9 Å². The number of benzene rings is 2. The van der Waals surface area contributed by atoms with Crippen LogP contribution in [0.25, 0.3) is 0 Å². The van der Waals surface area contributed by atoms with Gasteiger partial charge in [0.2, 0.25) is 11.8 Å². The third-order valence-corrected chi connectivity index (χ3v) is 5.82. The molecule has 6 nitrogen and oxygen atoms in total. The molecule has 1 heterocycles. The zero-order valence-electron chi connectivity index (χ0n) is 18.2. The number of carbonyl (C=O) groups excluding carboxylic acids is 2. The lowest BCUT2D eigenvalue weighted by Crippen LogP contribution is -2.36. The summed E-state index contributed by atoms with van der Waals surface area (Å²) >= 11 is 0. The van der Waals surface area contributed by atoms with Gasteiger partial charge in [0.15, 0.2) is 0 Å². The van der Waals surface area contributed by atoms with E-state index in [0.29, 0.717) is 12.2 Å². The molecule has 2 aromatic carbocycles. The molecular formula is C24H27FN2O4. The number of nitrogens with one attached hydrogen (secondary N) is 1. The van der Waals surface area contributed by atoms with E-state index in [1.54, 1.807) is 23.1 Å². The van der Waals surface area contributed by atoms with Crippen molar-refractivity contribution in [2.45, 2.75) is 51.9 Å². The molecule has 2 aromatic rings. The molecule has 0 fully saturated rings. The van der Waals surface area contributed by atoms with Gasteiger partial charge >= 0.3 is 5.97 Å². The summed E-state index contributed by atoms with van der Waals surface area (Å²) in [6.45, 7) is 8.08. The van der Waals surface area contributed by atoms with Gasteiger partial charge in [-0.05, 0) is 62.6 Å². The van der Waals surface area contributed by atoms with Crippen LogP contribution in [0.5, 0.6) is 0 Å². The molecule has 3 rings (SSSR count). The van der Waals surface area contributed by atoms with Gasteiger partial charge in [0.25, 0.3) is 0 Å². The quantitative estimate of drug-likeness (QED) is 0.689. The van der Waals surface area contributed by atoms with Gasteiger partial charge in [0, 0.05) is 24.6 Å². The molecule has 1 aliphatic rings. The van der Waals surface area contributed by atoms with E-state index in [2.05, 4.69) is 5.32 Å². The maximum absolute atomic E-state index is 14.2. The van der Waals surface area contributed by atoms with Crippen molar-refractivity contribution < 1.29 is 23.9 Å². The molecule has 0 saturated heterocycles. The molecular weight excluding hydrogens is 399 g/mol. The number of amides is 2. The van der Waals surface area contributed by atoms with Crippen LogP contribution in [0.2, 0.25) is 0 Å². The highest BCUT2D eigenvalue weighted by Gasteiger charge is 2.44. The van der Waals surface area contributed by atoms with Gasteiger partial charge < -0.3 is 15.3 Å². The zero-order valence-corrected chi connectivity index (χ0v) is 18.2. The van der Waals surface area contributed by atoms with Crippen molar-refractivity contribution in [2.75, 3.05) is 16.8 Å². The molecule has 0 bridgehead atoms. The molecule has 1 unspecified atom stereocenters. The van der Waals surface area contributed by atoms with Crippen molar-refractivity contribution in [3.8, 4) is 0 Å². The minimum Gasteiger partial charge on any atom is -0.481 e. The lowest BCUT2D eigenvalue weighted by molar-refractivity contribution is -0.137. The topological polar surface area (TPSA) is 86.7 Å². The van der Waals surface area contributed by atoms with Crippen LogP contribution in [0.3, 0.4) is 0 Å². The van der Waals surface area contributed by atoms with Gasteiger partial charge in [-0.15, -0.1) is 0 Å². The molecule has 164 valence electrons. The number of halogens is 1. The van der Waals surface area contributed by atoms with E-state index in [-0.39, 0.29) is 24.3 Å². The van der Waals surface area contributed by atoms with E-state index in [1.165, 1.54) is 18.2 Å². The van der Waals surface area contributed by atoms with Gasteiger partial charge in [-0.2, -0.15) is 0 Å². The fourth-order valence-electron chi connectivity index (χ4n) is 4.29. The fraction of sp³-hybridized carbons (Fsp3) is 0.375. The normalized spacial score (nSPS) is 15.5. The molecule has 1 atom stereocenters. The number of anilines is 2. The first kappa shape index (κ1) is 22.5. The first-order valence-electron chi connectivity index (χ1n) is 10.3. The van der Waals surface area contributed by atoms with Gasteiger partial charge in [0.05, 0.1) is 17.5 Å². The van der Waals surface area contributed by atoms with E-state index >= 15 is 0 Å². The highest BCUT2D eigenvalue weighted by atomic mass is 19.1. The van der Waals surface area contributed by atoms with Gasteiger partial charge in [-0.3, -0.25) is 14.4 Å². The van der Waals surface area contributed by atoms with E-state index in [0.717, 1.165) is 16.8 Å². The largest absolute Gasteiger partial charge is 0.481 e. The Morgan fingerprint density at radius 2 is 1.87 bits per heavy atom. The summed E-state index contributed by atoms with van der Waals surface area (Å²) in [5.74, 6) is -2.83. The van der Waals surface area contributed by atoms with Crippen LogP contribution in [-0.4, -0.2) is 29.4 Å². The molecule has 0 spiro atoms. The Morgan fingerprint density at radius 3 is 2.48 bits per heavy atom. The second-order valence-electron chi connectivity index (χ2n) is 8.43. The van der Waals surface area contributed by atoms with Gasteiger partial charge in [-0.25, -0.2) is 4.39 Å². The third-order valence-electron chi connectivity index (χ3n) is 5.82. The van der Waals surface area contributed by atoms with E-state index < -0.39 is 29.0 Å². The number of carboxylic acids is 1. The molecule has 0 saturated carbocycles. The smallest absolute Gasteiger partial charge is 0.303 e. The van der Waals surface area contributed by atoms with Crippen LogP contribution < -0.4 is 10.2 Å². The highest BCUT2D eigenvalue weighted by molar-refractivity contribution is 6.09. The van der Waals surface area contributed by atoms with Crippen LogP contribution in [-0.2, 0) is 19.8 Å². The standard InChI is InChI=1S/C24H27FN2O4/c1-5-27-22-14(2)10-16(13-18(22)24(3,4)23(27)31)26-20(28)11-15(12-21(29)30)17-8-6-7-9-19(17)25/h6-10,13,15H,5,11-12H2,1-4H3,(H,26,28)(H,29,30). The summed E-state index contributed by atoms with van der Waals surface area (Å²) in [6.07, 6.45) is -0.530. The first-order chi connectivity index (χ1) is 14.6. The monoisotopic (exact) mass is 426 g/mol. The van der Waals surface area contributed by atoms with Gasteiger partial charge in [-0.1, -0.05) is 18.2 Å². The average Bonchev–Trinajstić information content (AvgIpc) is 2.88. The number of aryl methyl sites for hydroxylation is 1. The summed E-state index contributed by atoms with van der Waals surface area (Å²) in [7, 11) is 0. The number of hydrogen-bond donors (Lipinski definition) is 2. The molecule has 2 amide bonds. The van der Waals surface area contributed by atoms with Crippen molar-refractivity contribution in [1.29, 1.82) is 0 Å². The average molecular weight is 426 g/mol. The Morgan fingerprint density at radius 1 is 1.19 bits per heavy atom. The summed E-state index contributed by atoms with van der Waals surface area (Å²) in [6, 6.07) is 9.49. The number of rotatable bonds is 7. The third kappa shape index (κ3) is 4.31. The number of nitrogens with zero attached hydrogens (tertiary/aromatic N) is 1. The molecule has 0 aromatic heterocycles. The number of carbonyl (C=O) groups is 3. The molecule has 1 aliphatic heterocycles. The fourth-order valence-corrected chi connectivity index (χ4v) is 4.29. The summed E-state index contributed by atoms with van der Waals surface area (Å²) in [5.41, 5.74) is 2.59. The predicted molar refractivity (Wildman–Crippen MR) is 117 cm³/mol. The van der Waals surface area contributed by atoms with E-state index in [4.69, 9.17) is 0 Å². The number of carboxylic acid groups (broad SMARTS) is 1. The second kappa shape index (κ2) is 8.49. The van der Waals surface area contributed by atoms with Crippen molar-refractivity contribution in [3.63, 3.8) is 0 Å². The molecule has 31 heavy (non-hydrogen) atoms. The SMILES string of the molecule is CCN1C(=O)C(C)(C)c2cc(NC(=O)CC(CC(=O)O)c3ccccc3F)cc(C)c21. The molecule has 0 radical (unpaired) electrons.